The van der Waals surface area contributed by atoms with Gasteiger partial charge >= 0.3 is 0 Å². The zero-order valence-electron chi connectivity index (χ0n) is 13.2. The number of aliphatic hydroxyl groups is 2. The van der Waals surface area contributed by atoms with Gasteiger partial charge in [0, 0.05) is 19.0 Å². The van der Waals surface area contributed by atoms with E-state index < -0.39 is 5.91 Å². The van der Waals surface area contributed by atoms with Crippen LogP contribution in [0.1, 0.15) is 63.5 Å². The van der Waals surface area contributed by atoms with E-state index in [1.807, 2.05) is 12.1 Å². The number of benzene rings is 1. The quantitative estimate of drug-likeness (QED) is 0.395. The van der Waals surface area contributed by atoms with Crippen LogP contribution in [0.3, 0.4) is 0 Å². The minimum atomic E-state index is -1.93. The molecule has 0 aliphatic heterocycles. The Balaban J connectivity index is 2.41. The second-order valence-electron chi connectivity index (χ2n) is 5.86. The molecule has 0 amide bonds. The van der Waals surface area contributed by atoms with Crippen molar-refractivity contribution in [2.24, 2.45) is 0 Å². The zero-order valence-corrected chi connectivity index (χ0v) is 13.2. The fraction of sp³-hybridized carbons (Fsp3) is 0.647. The molecular formula is C17H29NO3. The van der Waals surface area contributed by atoms with E-state index in [0.717, 1.165) is 12.8 Å². The number of phenols is 1. The molecule has 0 heterocycles. The lowest BCUT2D eigenvalue weighted by Gasteiger charge is -2.18. The molecule has 4 nitrogen and oxygen atoms in total. The maximum atomic E-state index is 9.80. The molecule has 1 rings (SSSR count). The topological polar surface area (TPSA) is 72.7 Å². The largest absolute Gasteiger partial charge is 0.508 e. The Hall–Kier alpha value is -1.10. The van der Waals surface area contributed by atoms with E-state index in [1.165, 1.54) is 44.6 Å². The number of nitrogens with one attached hydrogen (secondary N) is 1. The first-order chi connectivity index (χ1) is 9.92. The van der Waals surface area contributed by atoms with Crippen molar-refractivity contribution >= 4 is 0 Å². The number of unbranched alkanes of at least 4 members (excludes halogenated alkanes) is 5. The molecule has 0 saturated heterocycles. The molecule has 1 aromatic carbocycles. The van der Waals surface area contributed by atoms with Crippen LogP contribution < -0.4 is 5.32 Å². The maximum absolute atomic E-state index is 9.80. The first-order valence-corrected chi connectivity index (χ1v) is 7.93. The molecule has 1 aromatic rings. The van der Waals surface area contributed by atoms with Gasteiger partial charge in [-0.3, -0.25) is 5.32 Å². The lowest BCUT2D eigenvalue weighted by Crippen LogP contribution is -2.41. The molecule has 0 fully saturated rings. The maximum Gasteiger partial charge on any atom is 0.219 e. The zero-order chi connectivity index (χ0) is 15.7. The van der Waals surface area contributed by atoms with Crippen LogP contribution in [0, 0.1) is 0 Å². The van der Waals surface area contributed by atoms with Gasteiger partial charge in [0.15, 0.2) is 0 Å². The molecule has 4 heteroatoms. The Kier molecular flexibility index (Phi) is 7.72. The molecule has 4 N–H and O–H groups in total. The van der Waals surface area contributed by atoms with Gasteiger partial charge in [-0.25, -0.2) is 0 Å². The molecule has 0 radical (unpaired) electrons. The molecule has 0 saturated carbocycles. The second kappa shape index (κ2) is 9.03. The molecule has 0 bridgehead atoms. The highest BCUT2D eigenvalue weighted by atomic mass is 16.5. The van der Waals surface area contributed by atoms with Gasteiger partial charge in [-0.1, -0.05) is 51.2 Å². The van der Waals surface area contributed by atoms with Gasteiger partial charge in [0.05, 0.1) is 0 Å². The van der Waals surface area contributed by atoms with Crippen molar-refractivity contribution in [1.29, 1.82) is 0 Å². The molecule has 0 aromatic heterocycles. The van der Waals surface area contributed by atoms with Crippen LogP contribution in [0.2, 0.25) is 0 Å². The van der Waals surface area contributed by atoms with E-state index in [0.29, 0.717) is 5.56 Å². The summed E-state index contributed by atoms with van der Waals surface area (Å²) in [5.41, 5.74) is 1.87. The van der Waals surface area contributed by atoms with Crippen molar-refractivity contribution in [3.05, 3.63) is 29.3 Å². The van der Waals surface area contributed by atoms with Crippen LogP contribution in [0.4, 0.5) is 0 Å². The first kappa shape index (κ1) is 18.0. The monoisotopic (exact) mass is 295 g/mol. The predicted molar refractivity (Wildman–Crippen MR) is 84.9 cm³/mol. The number of hydrogen-bond donors (Lipinski definition) is 4. The van der Waals surface area contributed by atoms with Gasteiger partial charge in [0.1, 0.15) is 5.75 Å². The lowest BCUT2D eigenvalue weighted by molar-refractivity contribution is -0.170. The highest BCUT2D eigenvalue weighted by Crippen LogP contribution is 2.20. The summed E-state index contributed by atoms with van der Waals surface area (Å²) in [6.45, 7) is 3.69. The van der Waals surface area contributed by atoms with E-state index in [9.17, 15) is 15.3 Å². The van der Waals surface area contributed by atoms with E-state index in [1.54, 1.807) is 6.07 Å². The van der Waals surface area contributed by atoms with E-state index in [-0.39, 0.29) is 12.3 Å². The van der Waals surface area contributed by atoms with Gasteiger partial charge in [0.25, 0.3) is 0 Å². The molecule has 0 atom stereocenters. The van der Waals surface area contributed by atoms with Crippen molar-refractivity contribution in [3.8, 4) is 5.75 Å². The van der Waals surface area contributed by atoms with Gasteiger partial charge in [0.2, 0.25) is 5.91 Å². The van der Waals surface area contributed by atoms with Gasteiger partial charge in [-0.05, 0) is 24.5 Å². The lowest BCUT2D eigenvalue weighted by atomic mass is 10.0. The fourth-order valence-corrected chi connectivity index (χ4v) is 2.31. The molecule has 0 unspecified atom stereocenters. The molecule has 0 spiro atoms. The summed E-state index contributed by atoms with van der Waals surface area (Å²) in [7, 11) is 0. The summed E-state index contributed by atoms with van der Waals surface area (Å²) in [5.74, 6) is -1.75. The molecule has 0 aliphatic carbocycles. The van der Waals surface area contributed by atoms with E-state index in [4.69, 9.17) is 0 Å². The Morgan fingerprint density at radius 1 is 1.05 bits per heavy atom. The minimum absolute atomic E-state index is 0.179. The normalized spacial score (nSPS) is 11.8. The number of aromatic hydroxyl groups is 1. The van der Waals surface area contributed by atoms with E-state index >= 15 is 0 Å². The SMILES string of the molecule is CCCCCCCCc1ccc(O)c(CNC(C)(O)O)c1. The fourth-order valence-electron chi connectivity index (χ4n) is 2.31. The summed E-state index contributed by atoms with van der Waals surface area (Å²) in [6.07, 6.45) is 8.56. The van der Waals surface area contributed by atoms with E-state index in [2.05, 4.69) is 12.2 Å². The summed E-state index contributed by atoms with van der Waals surface area (Å²) in [6, 6.07) is 5.54. The number of aryl methyl sites for hydroxylation is 1. The predicted octanol–water partition coefficient (Wildman–Crippen LogP) is 3.04. The Morgan fingerprint density at radius 3 is 2.38 bits per heavy atom. The van der Waals surface area contributed by atoms with Crippen LogP contribution in [0.25, 0.3) is 0 Å². The van der Waals surface area contributed by atoms with Gasteiger partial charge in [-0.2, -0.15) is 0 Å². The smallest absolute Gasteiger partial charge is 0.219 e. The Morgan fingerprint density at radius 2 is 1.71 bits per heavy atom. The molecule has 120 valence electrons. The second-order valence-corrected chi connectivity index (χ2v) is 5.86. The number of rotatable bonds is 10. The van der Waals surface area contributed by atoms with Crippen molar-refractivity contribution < 1.29 is 15.3 Å². The summed E-state index contributed by atoms with van der Waals surface area (Å²) in [4.78, 5) is 0. The van der Waals surface area contributed by atoms with Crippen LogP contribution in [-0.4, -0.2) is 21.2 Å². The summed E-state index contributed by atoms with van der Waals surface area (Å²) < 4.78 is 0. The average Bonchev–Trinajstić information content (AvgIpc) is 2.42. The third-order valence-corrected chi connectivity index (χ3v) is 3.58. The highest BCUT2D eigenvalue weighted by molar-refractivity contribution is 5.36. The van der Waals surface area contributed by atoms with Gasteiger partial charge in [-0.15, -0.1) is 0 Å². The van der Waals surface area contributed by atoms with Crippen LogP contribution in [-0.2, 0) is 13.0 Å². The first-order valence-electron chi connectivity index (χ1n) is 7.93. The van der Waals surface area contributed by atoms with Crippen molar-refractivity contribution in [2.75, 3.05) is 0 Å². The van der Waals surface area contributed by atoms with Crippen molar-refractivity contribution in [3.63, 3.8) is 0 Å². The summed E-state index contributed by atoms with van der Waals surface area (Å²) in [5, 5.41) is 30.8. The number of phenolic OH excluding ortho intramolecular Hbond substituents is 1. The molecule has 21 heavy (non-hydrogen) atoms. The standard InChI is InChI=1S/C17H29NO3/c1-3-4-5-6-7-8-9-14-10-11-16(19)15(12-14)13-18-17(2,20)21/h10-12,18-21H,3-9,13H2,1-2H3. The van der Waals surface area contributed by atoms with Crippen molar-refractivity contribution in [1.82, 2.24) is 5.32 Å². The molecular weight excluding hydrogens is 266 g/mol. The Bertz CT molecular complexity index is 413. The minimum Gasteiger partial charge on any atom is -0.508 e. The van der Waals surface area contributed by atoms with Crippen molar-refractivity contribution in [2.45, 2.75) is 71.2 Å². The van der Waals surface area contributed by atoms with Crippen LogP contribution >= 0.6 is 0 Å². The Labute approximate surface area is 127 Å². The molecule has 0 aliphatic rings. The van der Waals surface area contributed by atoms with Gasteiger partial charge < -0.3 is 15.3 Å². The van der Waals surface area contributed by atoms with Crippen LogP contribution in [0.15, 0.2) is 18.2 Å². The average molecular weight is 295 g/mol. The third-order valence-electron chi connectivity index (χ3n) is 3.58. The summed E-state index contributed by atoms with van der Waals surface area (Å²) >= 11 is 0. The number of hydrogen-bond acceptors (Lipinski definition) is 4. The highest BCUT2D eigenvalue weighted by Gasteiger charge is 2.14. The van der Waals surface area contributed by atoms with Crippen LogP contribution in [0.5, 0.6) is 5.75 Å². The third kappa shape index (κ3) is 8.05.